The van der Waals surface area contributed by atoms with Crippen molar-refractivity contribution in [1.82, 2.24) is 14.8 Å². The Labute approximate surface area is 173 Å². The molecule has 0 unspecified atom stereocenters. The van der Waals surface area contributed by atoms with E-state index in [1.165, 1.54) is 21.3 Å². The highest BCUT2D eigenvalue weighted by atomic mass is 32.1. The average Bonchev–Trinajstić information content (AvgIpc) is 3.07. The highest BCUT2D eigenvalue weighted by Crippen LogP contribution is 2.39. The van der Waals surface area contributed by atoms with E-state index in [1.54, 1.807) is 16.7 Å². The van der Waals surface area contributed by atoms with E-state index in [2.05, 4.69) is 15.5 Å². The maximum atomic E-state index is 12.7. The SMILES string of the molecule is COc1cc(NC(=O)Cn2c(-c3cccc(C)c3)n[nH]c2=S)cc(OC)c1OC. The number of anilines is 1. The zero-order valence-corrected chi connectivity index (χ0v) is 17.4. The summed E-state index contributed by atoms with van der Waals surface area (Å²) in [5.41, 5.74) is 2.47. The quantitative estimate of drug-likeness (QED) is 0.575. The summed E-state index contributed by atoms with van der Waals surface area (Å²) in [5, 5.41) is 9.86. The smallest absolute Gasteiger partial charge is 0.244 e. The number of hydrogen-bond acceptors (Lipinski definition) is 6. The van der Waals surface area contributed by atoms with Crippen LogP contribution in [-0.2, 0) is 11.3 Å². The molecule has 0 atom stereocenters. The average molecular weight is 414 g/mol. The second kappa shape index (κ2) is 8.78. The zero-order chi connectivity index (χ0) is 21.0. The summed E-state index contributed by atoms with van der Waals surface area (Å²) in [6.45, 7) is 1.99. The lowest BCUT2D eigenvalue weighted by Crippen LogP contribution is -2.19. The van der Waals surface area contributed by atoms with Gasteiger partial charge in [-0.15, -0.1) is 0 Å². The number of H-pyrrole nitrogens is 1. The van der Waals surface area contributed by atoms with Crippen molar-refractivity contribution in [1.29, 1.82) is 0 Å². The third-order valence-electron chi connectivity index (χ3n) is 4.28. The van der Waals surface area contributed by atoms with Crippen molar-refractivity contribution in [2.24, 2.45) is 0 Å². The summed E-state index contributed by atoms with van der Waals surface area (Å²) in [6, 6.07) is 11.2. The van der Waals surface area contributed by atoms with Crippen LogP contribution in [0.3, 0.4) is 0 Å². The number of aryl methyl sites for hydroxylation is 1. The number of carbonyl (C=O) groups is 1. The number of rotatable bonds is 7. The first-order valence-corrected chi connectivity index (χ1v) is 9.19. The van der Waals surface area contributed by atoms with Gasteiger partial charge in [-0.3, -0.25) is 14.5 Å². The minimum Gasteiger partial charge on any atom is -0.493 e. The fourth-order valence-electron chi connectivity index (χ4n) is 2.97. The molecule has 0 bridgehead atoms. The minimum atomic E-state index is -0.273. The normalized spacial score (nSPS) is 10.5. The van der Waals surface area contributed by atoms with E-state index in [1.807, 2.05) is 31.2 Å². The molecular formula is C20H22N4O4S. The molecule has 0 aliphatic heterocycles. The van der Waals surface area contributed by atoms with Gasteiger partial charge < -0.3 is 19.5 Å². The van der Waals surface area contributed by atoms with E-state index in [0.29, 0.717) is 33.5 Å². The van der Waals surface area contributed by atoms with E-state index < -0.39 is 0 Å². The number of ether oxygens (including phenoxy) is 3. The third kappa shape index (κ3) is 4.40. The number of aromatic nitrogens is 3. The molecule has 3 aromatic rings. The molecule has 0 saturated carbocycles. The molecule has 3 rings (SSSR count). The topological polar surface area (TPSA) is 90.4 Å². The highest BCUT2D eigenvalue weighted by Gasteiger charge is 2.16. The lowest BCUT2D eigenvalue weighted by atomic mass is 10.1. The fourth-order valence-corrected chi connectivity index (χ4v) is 3.16. The molecule has 2 aromatic carbocycles. The van der Waals surface area contributed by atoms with E-state index in [0.717, 1.165) is 11.1 Å². The van der Waals surface area contributed by atoms with E-state index >= 15 is 0 Å². The molecule has 0 aliphatic rings. The second-order valence-electron chi connectivity index (χ2n) is 6.27. The Bertz CT molecular complexity index is 1070. The van der Waals surface area contributed by atoms with Crippen LogP contribution in [0.2, 0.25) is 0 Å². The number of methoxy groups -OCH3 is 3. The van der Waals surface area contributed by atoms with Gasteiger partial charge in [-0.2, -0.15) is 5.10 Å². The number of nitrogens with one attached hydrogen (secondary N) is 2. The Hall–Kier alpha value is -3.33. The predicted octanol–water partition coefficient (Wildman–Crippen LogP) is 3.58. The molecular weight excluding hydrogens is 392 g/mol. The van der Waals surface area contributed by atoms with Crippen LogP contribution < -0.4 is 19.5 Å². The summed E-state index contributed by atoms with van der Waals surface area (Å²) in [4.78, 5) is 12.7. The fraction of sp³-hybridized carbons (Fsp3) is 0.250. The Kier molecular flexibility index (Phi) is 6.18. The lowest BCUT2D eigenvalue weighted by molar-refractivity contribution is -0.116. The van der Waals surface area contributed by atoms with Crippen LogP contribution >= 0.6 is 12.2 Å². The van der Waals surface area contributed by atoms with Gasteiger partial charge >= 0.3 is 0 Å². The van der Waals surface area contributed by atoms with E-state index in [9.17, 15) is 4.79 Å². The Balaban J connectivity index is 1.86. The Morgan fingerprint density at radius 2 is 1.83 bits per heavy atom. The van der Waals surface area contributed by atoms with Crippen LogP contribution in [0.1, 0.15) is 5.56 Å². The monoisotopic (exact) mass is 414 g/mol. The van der Waals surface area contributed by atoms with Crippen molar-refractivity contribution < 1.29 is 19.0 Å². The largest absolute Gasteiger partial charge is 0.493 e. The molecule has 0 aliphatic carbocycles. The molecule has 0 spiro atoms. The Morgan fingerprint density at radius 1 is 1.14 bits per heavy atom. The van der Waals surface area contributed by atoms with Crippen molar-refractivity contribution in [2.75, 3.05) is 26.6 Å². The maximum absolute atomic E-state index is 12.7. The number of nitrogens with zero attached hydrogens (tertiary/aromatic N) is 2. The first kappa shape index (κ1) is 20.4. The molecule has 0 saturated heterocycles. The van der Waals surface area contributed by atoms with Gasteiger partial charge in [0.25, 0.3) is 0 Å². The van der Waals surface area contributed by atoms with Crippen molar-refractivity contribution in [3.8, 4) is 28.6 Å². The Morgan fingerprint density at radius 3 is 2.41 bits per heavy atom. The third-order valence-corrected chi connectivity index (χ3v) is 4.60. The van der Waals surface area contributed by atoms with Gasteiger partial charge in [0.1, 0.15) is 6.54 Å². The van der Waals surface area contributed by atoms with Gasteiger partial charge in [-0.05, 0) is 25.2 Å². The maximum Gasteiger partial charge on any atom is 0.244 e. The zero-order valence-electron chi connectivity index (χ0n) is 16.6. The molecule has 1 heterocycles. The minimum absolute atomic E-state index is 0.00469. The van der Waals surface area contributed by atoms with Crippen LogP contribution in [0.15, 0.2) is 36.4 Å². The van der Waals surface area contributed by atoms with Gasteiger partial charge in [-0.25, -0.2) is 0 Å². The van der Waals surface area contributed by atoms with E-state index in [4.69, 9.17) is 26.4 Å². The molecule has 9 heteroatoms. The number of amides is 1. The standard InChI is InChI=1S/C20H22N4O4S/c1-12-6-5-7-13(8-12)19-22-23-20(29)24(19)11-17(25)21-14-9-15(26-2)18(28-4)16(10-14)27-3/h5-10H,11H2,1-4H3,(H,21,25)(H,23,29). The van der Waals surface area contributed by atoms with Crippen molar-refractivity contribution in [2.45, 2.75) is 13.5 Å². The summed E-state index contributed by atoms with van der Waals surface area (Å²) >= 11 is 5.31. The molecule has 0 fully saturated rings. The summed E-state index contributed by atoms with van der Waals surface area (Å²) in [5.74, 6) is 1.67. The van der Waals surface area contributed by atoms with Crippen molar-refractivity contribution >= 4 is 23.8 Å². The molecule has 1 aromatic heterocycles. The van der Waals surface area contributed by atoms with Crippen LogP contribution in [0, 0.1) is 11.7 Å². The van der Waals surface area contributed by atoms with Crippen LogP contribution in [0.5, 0.6) is 17.2 Å². The number of benzene rings is 2. The molecule has 29 heavy (non-hydrogen) atoms. The van der Waals surface area contributed by atoms with Gasteiger partial charge in [-0.1, -0.05) is 23.8 Å². The van der Waals surface area contributed by atoms with Crippen molar-refractivity contribution in [3.63, 3.8) is 0 Å². The molecule has 152 valence electrons. The van der Waals surface area contributed by atoms with Crippen LogP contribution in [0.4, 0.5) is 5.69 Å². The van der Waals surface area contributed by atoms with Gasteiger partial charge in [0.05, 0.1) is 21.3 Å². The molecule has 8 nitrogen and oxygen atoms in total. The molecule has 0 radical (unpaired) electrons. The van der Waals surface area contributed by atoms with Crippen LogP contribution in [-0.4, -0.2) is 42.0 Å². The van der Waals surface area contributed by atoms with Crippen molar-refractivity contribution in [3.05, 3.63) is 46.7 Å². The molecule has 2 N–H and O–H groups in total. The summed E-state index contributed by atoms with van der Waals surface area (Å²) < 4.78 is 18.0. The first-order valence-electron chi connectivity index (χ1n) is 8.79. The molecule has 1 amide bonds. The predicted molar refractivity (Wildman–Crippen MR) is 112 cm³/mol. The number of carbonyl (C=O) groups excluding carboxylic acids is 1. The second-order valence-corrected chi connectivity index (χ2v) is 6.66. The highest BCUT2D eigenvalue weighted by molar-refractivity contribution is 7.71. The summed E-state index contributed by atoms with van der Waals surface area (Å²) in [6.07, 6.45) is 0. The summed E-state index contributed by atoms with van der Waals surface area (Å²) in [7, 11) is 4.55. The van der Waals surface area contributed by atoms with E-state index in [-0.39, 0.29) is 12.5 Å². The van der Waals surface area contributed by atoms with Crippen LogP contribution in [0.25, 0.3) is 11.4 Å². The first-order chi connectivity index (χ1) is 14.0. The van der Waals surface area contributed by atoms with Gasteiger partial charge in [0.15, 0.2) is 22.1 Å². The van der Waals surface area contributed by atoms with Gasteiger partial charge in [0.2, 0.25) is 11.7 Å². The number of hydrogen-bond donors (Lipinski definition) is 2. The van der Waals surface area contributed by atoms with Gasteiger partial charge in [0, 0.05) is 23.4 Å². The lowest BCUT2D eigenvalue weighted by Gasteiger charge is -2.15. The number of aromatic amines is 1.